The van der Waals surface area contributed by atoms with Gasteiger partial charge >= 0.3 is 0 Å². The average Bonchev–Trinajstić information content (AvgIpc) is 2.94. The summed E-state index contributed by atoms with van der Waals surface area (Å²) in [5.74, 6) is 0.767. The first kappa shape index (κ1) is 14.5. The predicted molar refractivity (Wildman–Crippen MR) is 75.5 cm³/mol. The van der Waals surface area contributed by atoms with Gasteiger partial charge in [-0.15, -0.1) is 11.7 Å². The number of rotatable bonds is 6. The highest BCUT2D eigenvalue weighted by atomic mass is 16.5. The van der Waals surface area contributed by atoms with Gasteiger partial charge in [0.2, 0.25) is 0 Å². The van der Waals surface area contributed by atoms with E-state index in [9.17, 15) is 4.79 Å². The van der Waals surface area contributed by atoms with E-state index in [2.05, 4.69) is 27.3 Å². The molecule has 21 heavy (non-hydrogen) atoms. The molecule has 1 aromatic heterocycles. The number of tetrazole rings is 1. The minimum Gasteiger partial charge on any atom is -0.493 e. The molecule has 0 aliphatic heterocycles. The number of ether oxygens (including phenoxy) is 2. The van der Waals surface area contributed by atoms with E-state index in [-0.39, 0.29) is 11.9 Å². The molecule has 0 spiro atoms. The van der Waals surface area contributed by atoms with Crippen molar-refractivity contribution >= 4 is 11.9 Å². The number of hydrogen-bond donors (Lipinski definition) is 1. The maximum absolute atomic E-state index is 12.1. The number of amides is 1. The summed E-state index contributed by atoms with van der Waals surface area (Å²) in [6.07, 6.45) is 1.63. The summed E-state index contributed by atoms with van der Waals surface area (Å²) >= 11 is 0. The summed E-state index contributed by atoms with van der Waals surface area (Å²) in [6, 6.07) is 4.84. The van der Waals surface area contributed by atoms with E-state index in [1.165, 1.54) is 19.0 Å². The SMILES string of the molecule is C=CCn1nnc(NC(=O)c2ccc(OC)c(OC)c2)n1. The van der Waals surface area contributed by atoms with Crippen molar-refractivity contribution < 1.29 is 14.3 Å². The van der Waals surface area contributed by atoms with Gasteiger partial charge in [-0.2, -0.15) is 4.80 Å². The maximum Gasteiger partial charge on any atom is 0.270 e. The largest absolute Gasteiger partial charge is 0.493 e. The fraction of sp³-hybridized carbons (Fsp3) is 0.231. The van der Waals surface area contributed by atoms with Crippen LogP contribution in [0, 0.1) is 0 Å². The summed E-state index contributed by atoms with van der Waals surface area (Å²) in [5.41, 5.74) is 0.396. The first-order valence-corrected chi connectivity index (χ1v) is 6.10. The standard InChI is InChI=1S/C13H15N5O3/c1-4-7-18-16-13(15-17-18)14-12(19)9-5-6-10(20-2)11(8-9)21-3/h4-6,8H,1,7H2,2-3H3,(H,14,16,19). The van der Waals surface area contributed by atoms with Crippen LogP contribution in [0.25, 0.3) is 0 Å². The van der Waals surface area contributed by atoms with Crippen molar-refractivity contribution in [2.45, 2.75) is 6.54 Å². The fourth-order valence-electron chi connectivity index (χ4n) is 1.64. The Labute approximate surface area is 121 Å². The van der Waals surface area contributed by atoms with Crippen LogP contribution in [0.1, 0.15) is 10.4 Å². The molecule has 8 nitrogen and oxygen atoms in total. The monoisotopic (exact) mass is 289 g/mol. The zero-order chi connectivity index (χ0) is 15.2. The third-order valence-corrected chi connectivity index (χ3v) is 2.62. The fourth-order valence-corrected chi connectivity index (χ4v) is 1.64. The van der Waals surface area contributed by atoms with Gasteiger partial charge in [0.05, 0.1) is 20.8 Å². The van der Waals surface area contributed by atoms with Gasteiger partial charge in [-0.1, -0.05) is 11.2 Å². The Morgan fingerprint density at radius 1 is 1.38 bits per heavy atom. The molecule has 0 aliphatic rings. The zero-order valence-corrected chi connectivity index (χ0v) is 11.7. The van der Waals surface area contributed by atoms with Crippen LogP contribution in [-0.2, 0) is 6.54 Å². The summed E-state index contributed by atoms with van der Waals surface area (Å²) in [6.45, 7) is 3.98. The molecule has 8 heteroatoms. The van der Waals surface area contributed by atoms with Crippen molar-refractivity contribution in [3.8, 4) is 11.5 Å². The molecule has 1 heterocycles. The van der Waals surface area contributed by atoms with Crippen LogP contribution < -0.4 is 14.8 Å². The molecule has 1 N–H and O–H groups in total. The highest BCUT2D eigenvalue weighted by Gasteiger charge is 2.13. The third-order valence-electron chi connectivity index (χ3n) is 2.62. The smallest absolute Gasteiger partial charge is 0.270 e. The lowest BCUT2D eigenvalue weighted by molar-refractivity contribution is 0.102. The van der Waals surface area contributed by atoms with E-state index < -0.39 is 0 Å². The third kappa shape index (κ3) is 3.35. The van der Waals surface area contributed by atoms with Crippen molar-refractivity contribution in [3.63, 3.8) is 0 Å². The maximum atomic E-state index is 12.1. The number of aromatic nitrogens is 4. The number of nitrogens with one attached hydrogen (secondary N) is 1. The normalized spacial score (nSPS) is 10.0. The molecule has 0 aliphatic carbocycles. The zero-order valence-electron chi connectivity index (χ0n) is 11.7. The first-order valence-electron chi connectivity index (χ1n) is 6.10. The van der Waals surface area contributed by atoms with E-state index in [1.54, 1.807) is 24.3 Å². The molecule has 0 radical (unpaired) electrons. The van der Waals surface area contributed by atoms with E-state index in [0.29, 0.717) is 23.6 Å². The van der Waals surface area contributed by atoms with E-state index in [1.807, 2.05) is 0 Å². The van der Waals surface area contributed by atoms with E-state index >= 15 is 0 Å². The number of anilines is 1. The second-order valence-corrected chi connectivity index (χ2v) is 3.98. The van der Waals surface area contributed by atoms with Crippen molar-refractivity contribution in [3.05, 3.63) is 36.4 Å². The number of hydrogen-bond acceptors (Lipinski definition) is 6. The Hall–Kier alpha value is -2.90. The van der Waals surface area contributed by atoms with Gasteiger partial charge in [-0.05, 0) is 23.4 Å². The molecule has 0 unspecified atom stereocenters. The Kier molecular flexibility index (Phi) is 4.50. The lowest BCUT2D eigenvalue weighted by Crippen LogP contribution is -2.13. The molecule has 0 saturated carbocycles. The number of carbonyl (C=O) groups is 1. The highest BCUT2D eigenvalue weighted by molar-refractivity contribution is 6.03. The molecular formula is C13H15N5O3. The minimum absolute atomic E-state index is 0.122. The number of benzene rings is 1. The summed E-state index contributed by atoms with van der Waals surface area (Å²) in [4.78, 5) is 13.4. The van der Waals surface area contributed by atoms with Crippen LogP contribution in [0.4, 0.5) is 5.95 Å². The van der Waals surface area contributed by atoms with Gasteiger partial charge in [0.1, 0.15) is 0 Å². The van der Waals surface area contributed by atoms with Crippen LogP contribution in [0.5, 0.6) is 11.5 Å². The topological polar surface area (TPSA) is 91.2 Å². The molecule has 2 rings (SSSR count). The van der Waals surface area contributed by atoms with Crippen molar-refractivity contribution in [1.82, 2.24) is 20.2 Å². The number of allylic oxidation sites excluding steroid dienone is 1. The Bertz CT molecular complexity index is 653. The van der Waals surface area contributed by atoms with Crippen molar-refractivity contribution in [2.75, 3.05) is 19.5 Å². The first-order chi connectivity index (χ1) is 10.2. The number of methoxy groups -OCH3 is 2. The van der Waals surface area contributed by atoms with Crippen molar-refractivity contribution in [2.24, 2.45) is 0 Å². The second-order valence-electron chi connectivity index (χ2n) is 3.98. The second kappa shape index (κ2) is 6.51. The number of carbonyl (C=O) groups excluding carboxylic acids is 1. The molecule has 0 bridgehead atoms. The van der Waals surface area contributed by atoms with Crippen LogP contribution in [0.3, 0.4) is 0 Å². The summed E-state index contributed by atoms with van der Waals surface area (Å²) in [7, 11) is 3.03. The van der Waals surface area contributed by atoms with E-state index in [0.717, 1.165) is 0 Å². The number of nitrogens with zero attached hydrogens (tertiary/aromatic N) is 4. The van der Waals surface area contributed by atoms with E-state index in [4.69, 9.17) is 9.47 Å². The lowest BCUT2D eigenvalue weighted by atomic mass is 10.2. The lowest BCUT2D eigenvalue weighted by Gasteiger charge is -2.08. The van der Waals surface area contributed by atoms with Gasteiger partial charge in [0.25, 0.3) is 11.9 Å². The summed E-state index contributed by atoms with van der Waals surface area (Å²) in [5, 5.41) is 14.0. The molecule has 0 fully saturated rings. The minimum atomic E-state index is -0.367. The highest BCUT2D eigenvalue weighted by Crippen LogP contribution is 2.27. The van der Waals surface area contributed by atoms with Gasteiger partial charge in [0.15, 0.2) is 11.5 Å². The predicted octanol–water partition coefficient (Wildman–Crippen LogP) is 1.13. The van der Waals surface area contributed by atoms with Crippen LogP contribution in [0.2, 0.25) is 0 Å². The summed E-state index contributed by atoms with van der Waals surface area (Å²) < 4.78 is 10.3. The van der Waals surface area contributed by atoms with Crippen LogP contribution >= 0.6 is 0 Å². The molecule has 2 aromatic rings. The molecular weight excluding hydrogens is 274 g/mol. The molecule has 1 amide bonds. The van der Waals surface area contributed by atoms with Crippen LogP contribution in [-0.4, -0.2) is 40.3 Å². The van der Waals surface area contributed by atoms with Gasteiger partial charge in [-0.3, -0.25) is 10.1 Å². The van der Waals surface area contributed by atoms with Gasteiger partial charge in [-0.25, -0.2) is 0 Å². The molecule has 1 aromatic carbocycles. The quantitative estimate of drug-likeness (QED) is 0.801. The van der Waals surface area contributed by atoms with Gasteiger partial charge in [0, 0.05) is 5.56 Å². The Morgan fingerprint density at radius 3 is 2.81 bits per heavy atom. The van der Waals surface area contributed by atoms with Crippen molar-refractivity contribution in [1.29, 1.82) is 0 Å². The molecule has 110 valence electrons. The molecule has 0 atom stereocenters. The van der Waals surface area contributed by atoms with Crippen LogP contribution in [0.15, 0.2) is 30.9 Å². The average molecular weight is 289 g/mol. The Balaban J connectivity index is 2.13. The van der Waals surface area contributed by atoms with Gasteiger partial charge < -0.3 is 9.47 Å². The molecule has 0 saturated heterocycles. The Morgan fingerprint density at radius 2 is 2.14 bits per heavy atom.